The van der Waals surface area contributed by atoms with Gasteiger partial charge in [0.05, 0.1) is 35.0 Å². The van der Waals surface area contributed by atoms with Gasteiger partial charge in [0.15, 0.2) is 5.75 Å². The molecule has 1 fully saturated rings. The molecule has 1 spiro atoms. The zero-order valence-corrected chi connectivity index (χ0v) is 31.0. The lowest BCUT2D eigenvalue weighted by Gasteiger charge is -2.40. The zero-order chi connectivity index (χ0) is 38.3. The highest BCUT2D eigenvalue weighted by atomic mass is 32.1. The van der Waals surface area contributed by atoms with Crippen LogP contribution in [0.15, 0.2) is 48.5 Å². The van der Waals surface area contributed by atoms with E-state index in [1.165, 1.54) is 46.2 Å². The van der Waals surface area contributed by atoms with Crippen molar-refractivity contribution in [2.75, 3.05) is 0 Å². The number of thiophene rings is 4. The maximum Gasteiger partial charge on any atom is 0.416 e. The summed E-state index contributed by atoms with van der Waals surface area (Å²) in [6.07, 6.45) is -2.01. The number of alkyl halides is 6. The predicted molar refractivity (Wildman–Crippen MR) is 201 cm³/mol. The SMILES string of the molecule is O=C1C(=O)c2ccc(C(F)(F)F)cc2/C1=C/c1cc2sc3c(c2s1)OC1(CCCCC1)c1c-3sc2cc(/C=C3\C(=O)C(=O)c4ccc(C(F)(F)F)cc43)sc12. The highest BCUT2D eigenvalue weighted by Crippen LogP contribution is 2.62. The number of fused-ring (bicyclic) bond motifs is 10. The molecule has 6 aromatic rings. The minimum Gasteiger partial charge on any atom is -0.479 e. The molecule has 5 heterocycles. The average Bonchev–Trinajstić information content (AvgIpc) is 3.96. The molecule has 3 aliphatic carbocycles. The largest absolute Gasteiger partial charge is 0.479 e. The first-order valence-electron chi connectivity index (χ1n) is 17.0. The maximum absolute atomic E-state index is 13.6. The van der Waals surface area contributed by atoms with Crippen molar-refractivity contribution in [3.05, 3.63) is 97.2 Å². The van der Waals surface area contributed by atoms with Crippen molar-refractivity contribution >= 4 is 111 Å². The minimum atomic E-state index is -4.65. The van der Waals surface area contributed by atoms with Crippen molar-refractivity contribution in [3.63, 3.8) is 0 Å². The van der Waals surface area contributed by atoms with E-state index in [1.54, 1.807) is 11.3 Å². The second kappa shape index (κ2) is 11.7. The summed E-state index contributed by atoms with van der Waals surface area (Å²) in [7, 11) is 0. The van der Waals surface area contributed by atoms with Crippen LogP contribution in [0, 0.1) is 0 Å². The molecule has 4 aromatic heterocycles. The van der Waals surface area contributed by atoms with Crippen LogP contribution in [-0.4, -0.2) is 23.1 Å². The third-order valence-corrected chi connectivity index (χ3v) is 15.4. The van der Waals surface area contributed by atoms with Crippen LogP contribution in [0.1, 0.15) is 90.4 Å². The topological polar surface area (TPSA) is 77.5 Å². The van der Waals surface area contributed by atoms with Gasteiger partial charge in [0.25, 0.3) is 0 Å². The first-order chi connectivity index (χ1) is 26.1. The number of benzene rings is 2. The van der Waals surface area contributed by atoms with Gasteiger partial charge in [0.2, 0.25) is 23.1 Å². The molecule has 4 aliphatic rings. The molecule has 1 saturated carbocycles. The van der Waals surface area contributed by atoms with Crippen molar-refractivity contribution in [1.29, 1.82) is 0 Å². The van der Waals surface area contributed by atoms with Crippen LogP contribution < -0.4 is 4.74 Å². The number of carbonyl (C=O) groups excluding carboxylic acids is 4. The Balaban J connectivity index is 1.07. The molecule has 0 amide bonds. The van der Waals surface area contributed by atoms with Gasteiger partial charge in [-0.15, -0.1) is 45.3 Å². The molecule has 10 rings (SSSR count). The Morgan fingerprint density at radius 3 is 1.58 bits per heavy atom. The molecule has 1 aliphatic heterocycles. The van der Waals surface area contributed by atoms with Gasteiger partial charge in [0, 0.05) is 42.3 Å². The summed E-state index contributed by atoms with van der Waals surface area (Å²) in [6.45, 7) is 0. The van der Waals surface area contributed by atoms with E-state index in [1.807, 2.05) is 12.1 Å². The maximum atomic E-state index is 13.6. The van der Waals surface area contributed by atoms with E-state index in [4.69, 9.17) is 4.74 Å². The number of ketones is 4. The number of Topliss-reactive ketones (excluding diaryl/α,β-unsaturated/α-hetero) is 4. The fraction of sp³-hybridized carbons (Fsp3) is 0.200. The molecule has 15 heteroatoms. The number of ether oxygens (including phenoxy) is 1. The molecule has 0 radical (unpaired) electrons. The average molecular weight is 823 g/mol. The smallest absolute Gasteiger partial charge is 0.416 e. The zero-order valence-electron chi connectivity index (χ0n) is 27.8. The first-order valence-corrected chi connectivity index (χ1v) is 20.3. The van der Waals surface area contributed by atoms with Gasteiger partial charge in [-0.25, -0.2) is 0 Å². The van der Waals surface area contributed by atoms with E-state index in [2.05, 4.69) is 0 Å². The molecule has 0 atom stereocenters. The third kappa shape index (κ3) is 5.15. The number of rotatable bonds is 2. The molecule has 0 N–H and O–H groups in total. The second-order valence-corrected chi connectivity index (χ2v) is 18.1. The summed E-state index contributed by atoms with van der Waals surface area (Å²) >= 11 is 5.78. The van der Waals surface area contributed by atoms with Crippen LogP contribution in [0.3, 0.4) is 0 Å². The Labute approximate surface area is 322 Å². The van der Waals surface area contributed by atoms with Gasteiger partial charge in [0.1, 0.15) is 5.60 Å². The number of allylic oxidation sites excluding steroid dienone is 2. The van der Waals surface area contributed by atoms with Crippen LogP contribution in [0.4, 0.5) is 26.3 Å². The van der Waals surface area contributed by atoms with Gasteiger partial charge in [-0.3, -0.25) is 19.2 Å². The molecule has 0 saturated heterocycles. The summed E-state index contributed by atoms with van der Waals surface area (Å²) in [5.74, 6) is -2.70. The van der Waals surface area contributed by atoms with Gasteiger partial charge in [-0.1, -0.05) is 6.42 Å². The summed E-state index contributed by atoms with van der Waals surface area (Å²) in [5.41, 5.74) is -1.89. The van der Waals surface area contributed by atoms with E-state index in [-0.39, 0.29) is 33.4 Å². The normalized spacial score (nSPS) is 19.2. The van der Waals surface area contributed by atoms with E-state index >= 15 is 0 Å². The lowest BCUT2D eigenvalue weighted by Crippen LogP contribution is -2.37. The summed E-state index contributed by atoms with van der Waals surface area (Å²) in [4.78, 5) is 54.6. The second-order valence-electron chi connectivity index (χ2n) is 13.9. The quantitative estimate of drug-likeness (QED) is 0.0987. The summed E-state index contributed by atoms with van der Waals surface area (Å²) < 4.78 is 91.9. The van der Waals surface area contributed by atoms with E-state index in [0.717, 1.165) is 103 Å². The number of hydrogen-bond donors (Lipinski definition) is 0. The minimum absolute atomic E-state index is 0.0341. The number of carbonyl (C=O) groups is 4. The fourth-order valence-corrected chi connectivity index (χ4v) is 13.4. The van der Waals surface area contributed by atoms with Crippen molar-refractivity contribution < 1.29 is 50.3 Å². The van der Waals surface area contributed by atoms with Crippen molar-refractivity contribution in [2.24, 2.45) is 0 Å². The van der Waals surface area contributed by atoms with Crippen LogP contribution in [-0.2, 0) is 27.5 Å². The van der Waals surface area contributed by atoms with Gasteiger partial charge >= 0.3 is 12.4 Å². The van der Waals surface area contributed by atoms with E-state index in [9.17, 15) is 45.5 Å². The molecule has 276 valence electrons. The van der Waals surface area contributed by atoms with Crippen molar-refractivity contribution in [3.8, 4) is 15.5 Å². The van der Waals surface area contributed by atoms with Crippen molar-refractivity contribution in [1.82, 2.24) is 0 Å². The standard InChI is InChI=1S/C40H20F6O5S4/c41-39(42,43)16-4-6-20-22(10-16)24(31(49)29(20)47)12-18-14-26-34(52-18)28-36(54-26)37-33(51-38(28)8-2-1-3-9-38)35-27(55-37)15-19(53-35)13-25-23-11-17(40(44,45)46)5-7-21(23)30(48)32(25)50/h4-7,10-15H,1-3,8-9H2/b24-12-,25-13-. The molecule has 2 aromatic carbocycles. The Morgan fingerprint density at radius 2 is 1.05 bits per heavy atom. The van der Waals surface area contributed by atoms with Crippen LogP contribution in [0.2, 0.25) is 0 Å². The molecular weight excluding hydrogens is 803 g/mol. The van der Waals surface area contributed by atoms with Gasteiger partial charge < -0.3 is 4.74 Å². The Kier molecular flexibility index (Phi) is 7.37. The highest BCUT2D eigenvalue weighted by Gasteiger charge is 2.47. The van der Waals surface area contributed by atoms with E-state index < -0.39 is 52.2 Å². The fourth-order valence-electron chi connectivity index (χ4n) is 8.06. The van der Waals surface area contributed by atoms with Crippen molar-refractivity contribution in [2.45, 2.75) is 50.1 Å². The van der Waals surface area contributed by atoms with E-state index in [0.29, 0.717) is 15.5 Å². The third-order valence-electron chi connectivity index (χ3n) is 10.6. The lowest BCUT2D eigenvalue weighted by atomic mass is 9.78. The number of halogens is 6. The monoisotopic (exact) mass is 822 g/mol. The van der Waals surface area contributed by atoms with Crippen LogP contribution >= 0.6 is 45.3 Å². The lowest BCUT2D eigenvalue weighted by molar-refractivity contribution is -0.138. The molecule has 0 bridgehead atoms. The van der Waals surface area contributed by atoms with Crippen LogP contribution in [0.5, 0.6) is 5.75 Å². The molecule has 5 nitrogen and oxygen atoms in total. The summed E-state index contributed by atoms with van der Waals surface area (Å²) in [5, 5.41) is 0. The van der Waals surface area contributed by atoms with Gasteiger partial charge in [-0.2, -0.15) is 26.3 Å². The summed E-state index contributed by atoms with van der Waals surface area (Å²) in [6, 6.07) is 9.13. The van der Waals surface area contributed by atoms with Crippen LogP contribution in [0.25, 0.3) is 51.9 Å². The molecular formula is C40H20F6O5S4. The predicted octanol–water partition coefficient (Wildman–Crippen LogP) is 12.1. The Hall–Kier alpha value is -4.70. The molecule has 0 unspecified atom stereocenters. The highest BCUT2D eigenvalue weighted by molar-refractivity contribution is 7.35. The Morgan fingerprint density at radius 1 is 0.564 bits per heavy atom. The Bertz CT molecular complexity index is 2830. The number of hydrogen-bond acceptors (Lipinski definition) is 9. The molecule has 55 heavy (non-hydrogen) atoms. The first kappa shape index (κ1) is 34.8. The van der Waals surface area contributed by atoms with Gasteiger partial charge in [-0.05, 0) is 97.5 Å².